The maximum atomic E-state index is 12.4. The van der Waals surface area contributed by atoms with Crippen LogP contribution in [0.15, 0.2) is 62.5 Å². The average Bonchev–Trinajstić information content (AvgIpc) is 3.17. The van der Waals surface area contributed by atoms with E-state index in [1.807, 2.05) is 30.3 Å². The number of aromatic nitrogens is 1. The van der Waals surface area contributed by atoms with Crippen molar-refractivity contribution in [1.82, 2.24) is 9.88 Å². The SMILES string of the molecule is Cc1oc(-c2ccno2)cc1S(=O)(=O)NCCc1ccccc1. The maximum absolute atomic E-state index is 12.4. The van der Waals surface area contributed by atoms with Gasteiger partial charge < -0.3 is 8.94 Å². The van der Waals surface area contributed by atoms with Gasteiger partial charge in [-0.2, -0.15) is 0 Å². The molecule has 0 saturated carbocycles. The van der Waals surface area contributed by atoms with E-state index in [4.69, 9.17) is 8.94 Å². The molecule has 0 bridgehead atoms. The van der Waals surface area contributed by atoms with E-state index in [0.29, 0.717) is 30.2 Å². The molecule has 6 nitrogen and oxygen atoms in total. The van der Waals surface area contributed by atoms with Gasteiger partial charge in [0.15, 0.2) is 5.76 Å². The number of aryl methyl sites for hydroxylation is 1. The van der Waals surface area contributed by atoms with Crippen LogP contribution in [0.4, 0.5) is 0 Å². The summed E-state index contributed by atoms with van der Waals surface area (Å²) in [7, 11) is -3.64. The molecule has 0 aliphatic heterocycles. The zero-order chi connectivity index (χ0) is 16.3. The highest BCUT2D eigenvalue weighted by Gasteiger charge is 2.22. The van der Waals surface area contributed by atoms with E-state index in [1.165, 1.54) is 12.3 Å². The van der Waals surface area contributed by atoms with Gasteiger partial charge in [0.05, 0.1) is 6.20 Å². The summed E-state index contributed by atoms with van der Waals surface area (Å²) in [6, 6.07) is 12.7. The van der Waals surface area contributed by atoms with Gasteiger partial charge >= 0.3 is 0 Å². The molecule has 0 saturated heterocycles. The first-order valence-electron chi connectivity index (χ1n) is 7.11. The molecule has 0 amide bonds. The van der Waals surface area contributed by atoms with Crippen molar-refractivity contribution in [1.29, 1.82) is 0 Å². The van der Waals surface area contributed by atoms with Crippen molar-refractivity contribution in [2.24, 2.45) is 0 Å². The van der Waals surface area contributed by atoms with Crippen LogP contribution in [0.2, 0.25) is 0 Å². The van der Waals surface area contributed by atoms with Crippen molar-refractivity contribution in [3.05, 3.63) is 60.0 Å². The summed E-state index contributed by atoms with van der Waals surface area (Å²) in [5.74, 6) is 1.03. The summed E-state index contributed by atoms with van der Waals surface area (Å²) in [5, 5.41) is 3.58. The predicted octanol–water partition coefficient (Wildman–Crippen LogP) is 2.76. The van der Waals surface area contributed by atoms with Crippen LogP contribution in [-0.4, -0.2) is 20.1 Å². The topological polar surface area (TPSA) is 85.3 Å². The fraction of sp³-hybridized carbons (Fsp3) is 0.188. The number of hydrogen-bond donors (Lipinski definition) is 1. The van der Waals surface area contributed by atoms with Crippen molar-refractivity contribution in [2.75, 3.05) is 6.54 Å². The molecule has 0 aliphatic carbocycles. The molecule has 1 aromatic carbocycles. The zero-order valence-corrected chi connectivity index (χ0v) is 13.3. The predicted molar refractivity (Wildman–Crippen MR) is 84.3 cm³/mol. The van der Waals surface area contributed by atoms with Crippen molar-refractivity contribution in [2.45, 2.75) is 18.2 Å². The minimum Gasteiger partial charge on any atom is -0.457 e. The lowest BCUT2D eigenvalue weighted by Gasteiger charge is -2.05. The number of sulfonamides is 1. The van der Waals surface area contributed by atoms with Gasteiger partial charge in [-0.3, -0.25) is 0 Å². The first kappa shape index (κ1) is 15.5. The van der Waals surface area contributed by atoms with Crippen molar-refractivity contribution in [3.63, 3.8) is 0 Å². The second-order valence-electron chi connectivity index (χ2n) is 5.04. The van der Waals surface area contributed by atoms with Crippen LogP contribution in [0.25, 0.3) is 11.5 Å². The summed E-state index contributed by atoms with van der Waals surface area (Å²) in [6.45, 7) is 1.92. The Balaban J connectivity index is 1.72. The smallest absolute Gasteiger partial charge is 0.244 e. The molecule has 2 heterocycles. The zero-order valence-electron chi connectivity index (χ0n) is 12.5. The lowest BCUT2D eigenvalue weighted by atomic mass is 10.2. The quantitative estimate of drug-likeness (QED) is 0.750. The third kappa shape index (κ3) is 3.52. The Morgan fingerprint density at radius 2 is 1.91 bits per heavy atom. The number of rotatable bonds is 6. The molecule has 23 heavy (non-hydrogen) atoms. The molecule has 120 valence electrons. The van der Waals surface area contributed by atoms with E-state index >= 15 is 0 Å². The third-order valence-electron chi connectivity index (χ3n) is 3.39. The van der Waals surface area contributed by atoms with Crippen LogP contribution in [-0.2, 0) is 16.4 Å². The lowest BCUT2D eigenvalue weighted by molar-refractivity contribution is 0.414. The number of nitrogens with zero attached hydrogens (tertiary/aromatic N) is 1. The third-order valence-corrected chi connectivity index (χ3v) is 4.96. The van der Waals surface area contributed by atoms with Crippen LogP contribution in [0.3, 0.4) is 0 Å². The molecule has 1 N–H and O–H groups in total. The number of furan rings is 1. The van der Waals surface area contributed by atoms with Gasteiger partial charge in [0.1, 0.15) is 10.7 Å². The Bertz CT molecular complexity index is 868. The average molecular weight is 332 g/mol. The molecule has 0 atom stereocenters. The van der Waals surface area contributed by atoms with E-state index < -0.39 is 10.0 Å². The Hall–Kier alpha value is -2.38. The monoisotopic (exact) mass is 332 g/mol. The van der Waals surface area contributed by atoms with E-state index in [1.54, 1.807) is 13.0 Å². The van der Waals surface area contributed by atoms with Gasteiger partial charge in [-0.25, -0.2) is 13.1 Å². The van der Waals surface area contributed by atoms with Crippen LogP contribution < -0.4 is 4.72 Å². The molecule has 7 heteroatoms. The van der Waals surface area contributed by atoms with Crippen LogP contribution in [0.5, 0.6) is 0 Å². The number of nitrogens with one attached hydrogen (secondary N) is 1. The first-order valence-corrected chi connectivity index (χ1v) is 8.60. The summed E-state index contributed by atoms with van der Waals surface area (Å²) in [6.07, 6.45) is 2.09. The molecule has 3 rings (SSSR count). The standard InChI is InChI=1S/C16H16N2O4S/c1-12-16(11-15(21-12)14-8-9-17-22-14)23(19,20)18-10-7-13-5-3-2-4-6-13/h2-6,8-9,11,18H,7,10H2,1H3. The van der Waals surface area contributed by atoms with Crippen molar-refractivity contribution < 1.29 is 17.4 Å². The second kappa shape index (κ2) is 6.39. The normalized spacial score (nSPS) is 11.7. The van der Waals surface area contributed by atoms with Gasteiger partial charge in [0.2, 0.25) is 15.8 Å². The van der Waals surface area contributed by atoms with Crippen LogP contribution in [0.1, 0.15) is 11.3 Å². The maximum Gasteiger partial charge on any atom is 0.244 e. The summed E-state index contributed by atoms with van der Waals surface area (Å²) in [5.41, 5.74) is 1.07. The van der Waals surface area contributed by atoms with E-state index in [-0.39, 0.29) is 4.90 Å². The lowest BCUT2D eigenvalue weighted by Crippen LogP contribution is -2.26. The summed E-state index contributed by atoms with van der Waals surface area (Å²) >= 11 is 0. The molecule has 0 aliphatic rings. The minimum absolute atomic E-state index is 0.108. The van der Waals surface area contributed by atoms with E-state index in [0.717, 1.165) is 5.56 Å². The Labute approximate surface area is 134 Å². The van der Waals surface area contributed by atoms with E-state index in [2.05, 4.69) is 9.88 Å². The summed E-state index contributed by atoms with van der Waals surface area (Å²) < 4.78 is 37.8. The highest BCUT2D eigenvalue weighted by molar-refractivity contribution is 7.89. The second-order valence-corrected chi connectivity index (χ2v) is 6.78. The van der Waals surface area contributed by atoms with Gasteiger partial charge in [0.25, 0.3) is 0 Å². The van der Waals surface area contributed by atoms with E-state index in [9.17, 15) is 8.42 Å². The largest absolute Gasteiger partial charge is 0.457 e. The molecular weight excluding hydrogens is 316 g/mol. The van der Waals surface area contributed by atoms with Gasteiger partial charge in [-0.15, -0.1) is 0 Å². The molecule has 0 radical (unpaired) electrons. The summed E-state index contributed by atoms with van der Waals surface area (Å²) in [4.78, 5) is 0.108. The van der Waals surface area contributed by atoms with Gasteiger partial charge in [-0.05, 0) is 18.9 Å². The van der Waals surface area contributed by atoms with Gasteiger partial charge in [-0.1, -0.05) is 35.5 Å². The first-order chi connectivity index (χ1) is 11.1. The molecule has 0 fully saturated rings. The Morgan fingerprint density at radius 3 is 2.61 bits per heavy atom. The highest BCUT2D eigenvalue weighted by atomic mass is 32.2. The fourth-order valence-electron chi connectivity index (χ4n) is 2.25. The number of hydrogen-bond acceptors (Lipinski definition) is 5. The molecule has 2 aromatic heterocycles. The fourth-order valence-corrected chi connectivity index (χ4v) is 3.46. The molecule has 0 spiro atoms. The van der Waals surface area contributed by atoms with Crippen LogP contribution in [0, 0.1) is 6.92 Å². The van der Waals surface area contributed by atoms with Crippen LogP contribution >= 0.6 is 0 Å². The van der Waals surface area contributed by atoms with Gasteiger partial charge in [0, 0.05) is 18.7 Å². The highest BCUT2D eigenvalue weighted by Crippen LogP contribution is 2.27. The molecule has 0 unspecified atom stereocenters. The van der Waals surface area contributed by atoms with Crippen molar-refractivity contribution in [3.8, 4) is 11.5 Å². The minimum atomic E-state index is -3.64. The Kier molecular flexibility index (Phi) is 4.31. The molecular formula is C16H16N2O4S. The molecule has 3 aromatic rings. The van der Waals surface area contributed by atoms with Crippen molar-refractivity contribution >= 4 is 10.0 Å². The number of benzene rings is 1. The Morgan fingerprint density at radius 1 is 1.13 bits per heavy atom.